The van der Waals surface area contributed by atoms with Gasteiger partial charge in [-0.15, -0.1) is 0 Å². The number of hydrogen-bond donors (Lipinski definition) is 1. The topological polar surface area (TPSA) is 51.8 Å². The quantitative estimate of drug-likeness (QED) is 0.881. The van der Waals surface area contributed by atoms with Crippen LogP contribution in [0.2, 0.25) is 0 Å². The third-order valence-corrected chi connectivity index (χ3v) is 3.58. The molecule has 2 N–H and O–H groups in total. The Morgan fingerprint density at radius 1 is 1.24 bits per heavy atom. The summed E-state index contributed by atoms with van der Waals surface area (Å²) in [7, 11) is 0. The molecule has 0 fully saturated rings. The average molecular weight is 310 g/mol. The third-order valence-electron chi connectivity index (χ3n) is 2.12. The Bertz CT molecular complexity index is 514. The number of benzene rings is 1. The zero-order valence-corrected chi connectivity index (χ0v) is 11.8. The molecule has 2 rings (SSSR count). The van der Waals surface area contributed by atoms with Crippen molar-refractivity contribution in [2.45, 2.75) is 23.3 Å². The molecule has 5 heteroatoms. The highest BCUT2D eigenvalue weighted by Crippen LogP contribution is 2.28. The Kier molecular flexibility index (Phi) is 4.02. The first-order valence-corrected chi connectivity index (χ1v) is 6.85. The molecule has 2 aromatic rings. The Morgan fingerprint density at radius 3 is 2.59 bits per heavy atom. The summed E-state index contributed by atoms with van der Waals surface area (Å²) in [4.78, 5) is 9.72. The van der Waals surface area contributed by atoms with Crippen molar-refractivity contribution in [1.29, 1.82) is 0 Å². The van der Waals surface area contributed by atoms with E-state index in [2.05, 4.69) is 25.9 Å². The summed E-state index contributed by atoms with van der Waals surface area (Å²) in [5, 5.41) is 0.886. The second-order valence-corrected chi connectivity index (χ2v) is 5.47. The van der Waals surface area contributed by atoms with Gasteiger partial charge in [-0.3, -0.25) is 0 Å². The normalized spacial score (nSPS) is 10.5. The number of nitrogens with zero attached hydrogens (tertiary/aromatic N) is 2. The van der Waals surface area contributed by atoms with Gasteiger partial charge in [0.15, 0.2) is 0 Å². The van der Waals surface area contributed by atoms with E-state index in [1.807, 2.05) is 31.2 Å². The van der Waals surface area contributed by atoms with E-state index in [9.17, 15) is 0 Å². The number of anilines is 1. The minimum Gasteiger partial charge on any atom is -0.384 e. The van der Waals surface area contributed by atoms with Crippen molar-refractivity contribution in [3.05, 3.63) is 40.6 Å². The van der Waals surface area contributed by atoms with Crippen molar-refractivity contribution in [1.82, 2.24) is 9.97 Å². The van der Waals surface area contributed by atoms with Gasteiger partial charge in [0.25, 0.3) is 0 Å². The Labute approximate surface area is 113 Å². The molecule has 0 saturated heterocycles. The van der Waals surface area contributed by atoms with Crippen molar-refractivity contribution in [2.24, 2.45) is 0 Å². The molecule has 0 unspecified atom stereocenters. The molecule has 17 heavy (non-hydrogen) atoms. The van der Waals surface area contributed by atoms with Crippen LogP contribution in [0.15, 0.2) is 44.7 Å². The fraction of sp³-hybridized carbons (Fsp3) is 0.167. The highest BCUT2D eigenvalue weighted by molar-refractivity contribution is 9.10. The van der Waals surface area contributed by atoms with Gasteiger partial charge in [-0.25, -0.2) is 9.97 Å². The second kappa shape index (κ2) is 5.51. The van der Waals surface area contributed by atoms with Gasteiger partial charge >= 0.3 is 0 Å². The van der Waals surface area contributed by atoms with E-state index in [0.717, 1.165) is 26.6 Å². The first kappa shape index (κ1) is 12.4. The smallest absolute Gasteiger partial charge is 0.131 e. The number of nitrogen functional groups attached to an aromatic ring is 1. The Morgan fingerprint density at radius 2 is 1.94 bits per heavy atom. The summed E-state index contributed by atoms with van der Waals surface area (Å²) in [5.74, 6) is 1.31. The number of halogens is 1. The molecule has 0 saturated carbocycles. The largest absolute Gasteiger partial charge is 0.384 e. The lowest BCUT2D eigenvalue weighted by atomic mass is 10.4. The molecule has 1 aromatic heterocycles. The van der Waals surface area contributed by atoms with Gasteiger partial charge in [0.2, 0.25) is 0 Å². The summed E-state index contributed by atoms with van der Waals surface area (Å²) in [6, 6.07) is 9.89. The van der Waals surface area contributed by atoms with Gasteiger partial charge in [0, 0.05) is 21.9 Å². The molecule has 1 aromatic carbocycles. The zero-order chi connectivity index (χ0) is 12.3. The summed E-state index contributed by atoms with van der Waals surface area (Å²) in [5.41, 5.74) is 5.74. The molecular formula is C12H12BrN3S. The predicted molar refractivity (Wildman–Crippen MR) is 74.1 cm³/mol. The van der Waals surface area contributed by atoms with E-state index < -0.39 is 0 Å². The van der Waals surface area contributed by atoms with E-state index in [1.54, 1.807) is 17.8 Å². The zero-order valence-electron chi connectivity index (χ0n) is 9.35. The summed E-state index contributed by atoms with van der Waals surface area (Å²) < 4.78 is 1.07. The van der Waals surface area contributed by atoms with Gasteiger partial charge in [-0.05, 0) is 24.3 Å². The molecule has 3 nitrogen and oxygen atoms in total. The van der Waals surface area contributed by atoms with Crippen LogP contribution in [-0.4, -0.2) is 9.97 Å². The number of rotatable bonds is 3. The minimum atomic E-state index is 0.525. The molecule has 0 aliphatic rings. The molecule has 0 aliphatic heterocycles. The molecule has 1 heterocycles. The maximum absolute atomic E-state index is 5.74. The number of nitrogens with two attached hydrogens (primary N) is 1. The fourth-order valence-corrected chi connectivity index (χ4v) is 2.43. The van der Waals surface area contributed by atoms with Crippen LogP contribution in [0.4, 0.5) is 5.82 Å². The molecule has 0 atom stereocenters. The van der Waals surface area contributed by atoms with Gasteiger partial charge in [0.1, 0.15) is 16.7 Å². The van der Waals surface area contributed by atoms with Crippen LogP contribution in [0, 0.1) is 0 Å². The summed E-state index contributed by atoms with van der Waals surface area (Å²) in [6.07, 6.45) is 0.791. The fourth-order valence-electron chi connectivity index (χ4n) is 1.33. The summed E-state index contributed by atoms with van der Waals surface area (Å²) in [6.45, 7) is 2.02. The van der Waals surface area contributed by atoms with Crippen molar-refractivity contribution in [3.8, 4) is 0 Å². The summed E-state index contributed by atoms with van der Waals surface area (Å²) >= 11 is 5.00. The monoisotopic (exact) mass is 309 g/mol. The average Bonchev–Trinajstić information content (AvgIpc) is 2.31. The van der Waals surface area contributed by atoms with Crippen LogP contribution in [0.5, 0.6) is 0 Å². The number of aromatic nitrogens is 2. The van der Waals surface area contributed by atoms with Crippen LogP contribution in [-0.2, 0) is 6.42 Å². The van der Waals surface area contributed by atoms with E-state index >= 15 is 0 Å². The van der Waals surface area contributed by atoms with Crippen molar-refractivity contribution in [3.63, 3.8) is 0 Å². The molecule has 0 amide bonds. The van der Waals surface area contributed by atoms with Gasteiger partial charge in [-0.1, -0.05) is 34.6 Å². The van der Waals surface area contributed by atoms with Crippen LogP contribution in [0.1, 0.15) is 12.7 Å². The number of hydrogen-bond acceptors (Lipinski definition) is 4. The third kappa shape index (κ3) is 3.44. The standard InChI is InChI=1S/C12H12BrN3S/c1-2-11-15-10(14)7-12(16-11)17-9-5-3-8(13)4-6-9/h3-7H,2H2,1H3,(H2,14,15,16). The molecular weight excluding hydrogens is 298 g/mol. The first-order valence-electron chi connectivity index (χ1n) is 5.24. The lowest BCUT2D eigenvalue weighted by molar-refractivity contribution is 0.894. The van der Waals surface area contributed by atoms with Gasteiger partial charge in [0.05, 0.1) is 0 Å². The predicted octanol–water partition coefficient (Wildman–Crippen LogP) is 3.53. The SMILES string of the molecule is CCc1nc(N)cc(Sc2ccc(Br)cc2)n1. The molecule has 0 bridgehead atoms. The first-order chi connectivity index (χ1) is 8.17. The van der Waals surface area contributed by atoms with Gasteiger partial charge in [-0.2, -0.15) is 0 Å². The van der Waals surface area contributed by atoms with E-state index in [-0.39, 0.29) is 0 Å². The van der Waals surface area contributed by atoms with Crippen molar-refractivity contribution < 1.29 is 0 Å². The molecule has 0 radical (unpaired) electrons. The van der Waals surface area contributed by atoms with E-state index in [1.165, 1.54) is 0 Å². The molecule has 88 valence electrons. The molecule has 0 aliphatic carbocycles. The maximum Gasteiger partial charge on any atom is 0.131 e. The van der Waals surface area contributed by atoms with Gasteiger partial charge < -0.3 is 5.73 Å². The molecule has 0 spiro atoms. The highest BCUT2D eigenvalue weighted by atomic mass is 79.9. The van der Waals surface area contributed by atoms with Crippen LogP contribution >= 0.6 is 27.7 Å². The second-order valence-electron chi connectivity index (χ2n) is 3.46. The lowest BCUT2D eigenvalue weighted by Crippen LogP contribution is -1.99. The minimum absolute atomic E-state index is 0.525. The van der Waals surface area contributed by atoms with Crippen molar-refractivity contribution in [2.75, 3.05) is 5.73 Å². The number of aryl methyl sites for hydroxylation is 1. The highest BCUT2D eigenvalue weighted by Gasteiger charge is 2.03. The Balaban J connectivity index is 2.23. The van der Waals surface area contributed by atoms with Crippen molar-refractivity contribution >= 4 is 33.5 Å². The van der Waals surface area contributed by atoms with E-state index in [0.29, 0.717) is 5.82 Å². The van der Waals surface area contributed by atoms with Crippen LogP contribution in [0.3, 0.4) is 0 Å². The Hall–Kier alpha value is -1.07. The van der Waals surface area contributed by atoms with E-state index in [4.69, 9.17) is 5.73 Å². The van der Waals surface area contributed by atoms with Crippen LogP contribution < -0.4 is 5.73 Å². The lowest BCUT2D eigenvalue weighted by Gasteiger charge is -2.04. The maximum atomic E-state index is 5.74. The van der Waals surface area contributed by atoms with Crippen LogP contribution in [0.25, 0.3) is 0 Å².